The molecule has 0 spiro atoms. The third-order valence-electron chi connectivity index (χ3n) is 5.62. The van der Waals surface area contributed by atoms with Gasteiger partial charge in [-0.3, -0.25) is 4.79 Å². The molecular formula is C15H20N4O. The molecular weight excluding hydrogens is 252 g/mol. The first-order valence-electron chi connectivity index (χ1n) is 7.48. The topological polar surface area (TPSA) is 94.9 Å². The fourth-order valence-corrected chi connectivity index (χ4v) is 5.26. The van der Waals surface area contributed by atoms with E-state index in [1.54, 1.807) is 6.20 Å². The first-order valence-corrected chi connectivity index (χ1v) is 7.48. The van der Waals surface area contributed by atoms with Gasteiger partial charge in [-0.05, 0) is 56.3 Å². The lowest BCUT2D eigenvalue weighted by atomic mass is 9.49. The molecule has 0 saturated heterocycles. The SMILES string of the molecule is NC(=O)c1nc(C23CC4CC(CC(C4)C2)C3)cnc1N. The summed E-state index contributed by atoms with van der Waals surface area (Å²) >= 11 is 0. The van der Waals surface area contributed by atoms with Gasteiger partial charge in [-0.1, -0.05) is 0 Å². The first kappa shape index (κ1) is 12.1. The summed E-state index contributed by atoms with van der Waals surface area (Å²) in [5, 5.41) is 0. The summed E-state index contributed by atoms with van der Waals surface area (Å²) in [7, 11) is 0. The Morgan fingerprint density at radius 1 is 1.15 bits per heavy atom. The molecule has 4 N–H and O–H groups in total. The van der Waals surface area contributed by atoms with Crippen molar-refractivity contribution in [2.24, 2.45) is 23.5 Å². The molecule has 0 aromatic carbocycles. The number of anilines is 1. The lowest BCUT2D eigenvalue weighted by Gasteiger charge is -2.56. The number of nitrogens with two attached hydrogens (primary N) is 2. The van der Waals surface area contributed by atoms with Gasteiger partial charge in [0, 0.05) is 5.41 Å². The maximum Gasteiger partial charge on any atom is 0.271 e. The van der Waals surface area contributed by atoms with Gasteiger partial charge in [0.05, 0.1) is 11.9 Å². The summed E-state index contributed by atoms with van der Waals surface area (Å²) in [5.74, 6) is 2.06. The quantitative estimate of drug-likeness (QED) is 0.855. The van der Waals surface area contributed by atoms with E-state index in [-0.39, 0.29) is 16.9 Å². The van der Waals surface area contributed by atoms with Crippen LogP contribution in [0.25, 0.3) is 0 Å². The molecule has 1 heterocycles. The Hall–Kier alpha value is -1.65. The zero-order valence-corrected chi connectivity index (χ0v) is 11.5. The molecule has 0 aliphatic heterocycles. The molecule has 5 heteroatoms. The van der Waals surface area contributed by atoms with E-state index >= 15 is 0 Å². The predicted octanol–water partition coefficient (Wildman–Crippen LogP) is 1.63. The lowest BCUT2D eigenvalue weighted by molar-refractivity contribution is -0.00740. The summed E-state index contributed by atoms with van der Waals surface area (Å²) in [6.07, 6.45) is 9.48. The highest BCUT2D eigenvalue weighted by Gasteiger charge is 2.52. The van der Waals surface area contributed by atoms with Gasteiger partial charge in [0.25, 0.3) is 5.91 Å². The Balaban J connectivity index is 1.77. The Kier molecular flexibility index (Phi) is 2.38. The van der Waals surface area contributed by atoms with Crippen molar-refractivity contribution in [1.29, 1.82) is 0 Å². The molecule has 106 valence electrons. The number of rotatable bonds is 2. The van der Waals surface area contributed by atoms with Gasteiger partial charge in [-0.25, -0.2) is 9.97 Å². The smallest absolute Gasteiger partial charge is 0.271 e. The van der Waals surface area contributed by atoms with Gasteiger partial charge < -0.3 is 11.5 Å². The highest BCUT2D eigenvalue weighted by atomic mass is 16.1. The monoisotopic (exact) mass is 272 g/mol. The number of hydrogen-bond acceptors (Lipinski definition) is 4. The van der Waals surface area contributed by atoms with Crippen LogP contribution in [-0.4, -0.2) is 15.9 Å². The molecule has 4 bridgehead atoms. The van der Waals surface area contributed by atoms with E-state index in [9.17, 15) is 4.79 Å². The van der Waals surface area contributed by atoms with Crippen molar-refractivity contribution in [3.63, 3.8) is 0 Å². The van der Waals surface area contributed by atoms with E-state index in [0.717, 1.165) is 23.4 Å². The fourth-order valence-electron chi connectivity index (χ4n) is 5.26. The van der Waals surface area contributed by atoms with Crippen LogP contribution in [0.4, 0.5) is 5.82 Å². The Bertz CT molecular complexity index is 548. The van der Waals surface area contributed by atoms with Crippen molar-refractivity contribution in [3.8, 4) is 0 Å². The molecule has 1 aromatic rings. The molecule has 4 saturated carbocycles. The number of hydrogen-bond donors (Lipinski definition) is 2. The molecule has 0 atom stereocenters. The number of nitrogen functional groups attached to an aromatic ring is 1. The van der Waals surface area contributed by atoms with Crippen LogP contribution in [-0.2, 0) is 5.41 Å². The van der Waals surface area contributed by atoms with Crippen molar-refractivity contribution in [1.82, 2.24) is 9.97 Å². The summed E-state index contributed by atoms with van der Waals surface area (Å²) in [4.78, 5) is 20.1. The van der Waals surface area contributed by atoms with Crippen molar-refractivity contribution < 1.29 is 4.79 Å². The second-order valence-corrected chi connectivity index (χ2v) is 7.05. The Morgan fingerprint density at radius 3 is 2.20 bits per heavy atom. The van der Waals surface area contributed by atoms with Crippen molar-refractivity contribution in [2.75, 3.05) is 5.73 Å². The van der Waals surface area contributed by atoms with Crippen LogP contribution >= 0.6 is 0 Å². The molecule has 20 heavy (non-hydrogen) atoms. The number of nitrogens with zero attached hydrogens (tertiary/aromatic N) is 2. The molecule has 0 radical (unpaired) electrons. The molecule has 4 aliphatic carbocycles. The van der Waals surface area contributed by atoms with Crippen LogP contribution < -0.4 is 11.5 Å². The third-order valence-corrected chi connectivity index (χ3v) is 5.62. The van der Waals surface area contributed by atoms with E-state index in [0.29, 0.717) is 0 Å². The number of aromatic nitrogens is 2. The molecule has 5 nitrogen and oxygen atoms in total. The Morgan fingerprint density at radius 2 is 1.70 bits per heavy atom. The number of carbonyl (C=O) groups is 1. The molecule has 4 fully saturated rings. The number of amides is 1. The van der Waals surface area contributed by atoms with Crippen molar-refractivity contribution >= 4 is 11.7 Å². The van der Waals surface area contributed by atoms with Crippen molar-refractivity contribution in [3.05, 3.63) is 17.6 Å². The lowest BCUT2D eigenvalue weighted by Crippen LogP contribution is -2.49. The van der Waals surface area contributed by atoms with Crippen LogP contribution in [0.3, 0.4) is 0 Å². The average Bonchev–Trinajstić information content (AvgIpc) is 2.37. The molecule has 1 amide bonds. The molecule has 4 aliphatic rings. The maximum atomic E-state index is 11.4. The normalized spacial score (nSPS) is 38.1. The van der Waals surface area contributed by atoms with Crippen LogP contribution in [0, 0.1) is 17.8 Å². The Labute approximate surface area is 118 Å². The highest BCUT2D eigenvalue weighted by molar-refractivity contribution is 5.94. The van der Waals surface area contributed by atoms with E-state index in [1.807, 2.05) is 0 Å². The fraction of sp³-hybridized carbons (Fsp3) is 0.667. The third kappa shape index (κ3) is 1.65. The summed E-state index contributed by atoms with van der Waals surface area (Å²) in [5.41, 5.74) is 12.3. The van der Waals surface area contributed by atoms with Crippen LogP contribution in [0.15, 0.2) is 6.20 Å². The summed E-state index contributed by atoms with van der Waals surface area (Å²) in [6.45, 7) is 0. The zero-order valence-electron chi connectivity index (χ0n) is 11.5. The molecule has 5 rings (SSSR count). The zero-order chi connectivity index (χ0) is 13.9. The van der Waals surface area contributed by atoms with Gasteiger partial charge in [-0.15, -0.1) is 0 Å². The summed E-state index contributed by atoms with van der Waals surface area (Å²) in [6, 6.07) is 0. The average molecular weight is 272 g/mol. The van der Waals surface area contributed by atoms with Gasteiger partial charge >= 0.3 is 0 Å². The standard InChI is InChI=1S/C15H20N4O/c16-13-12(14(17)20)19-11(7-18-13)15-4-8-1-9(5-15)3-10(2-8)6-15/h7-10H,1-6H2,(H2,16,18)(H2,17,20). The second-order valence-electron chi connectivity index (χ2n) is 7.05. The van der Waals surface area contributed by atoms with Crippen LogP contribution in [0.2, 0.25) is 0 Å². The molecule has 0 unspecified atom stereocenters. The van der Waals surface area contributed by atoms with E-state index in [2.05, 4.69) is 9.97 Å². The summed E-state index contributed by atoms with van der Waals surface area (Å²) < 4.78 is 0. The maximum absolute atomic E-state index is 11.4. The van der Waals surface area contributed by atoms with E-state index < -0.39 is 5.91 Å². The minimum absolute atomic E-state index is 0.125. The minimum atomic E-state index is -0.582. The first-order chi connectivity index (χ1) is 9.56. The van der Waals surface area contributed by atoms with Crippen LogP contribution in [0.1, 0.15) is 54.7 Å². The van der Waals surface area contributed by atoms with Gasteiger partial charge in [0.15, 0.2) is 11.5 Å². The van der Waals surface area contributed by atoms with Gasteiger partial charge in [0.1, 0.15) is 0 Å². The minimum Gasteiger partial charge on any atom is -0.382 e. The van der Waals surface area contributed by atoms with E-state index in [1.165, 1.54) is 38.5 Å². The van der Waals surface area contributed by atoms with Gasteiger partial charge in [-0.2, -0.15) is 0 Å². The van der Waals surface area contributed by atoms with Gasteiger partial charge in [0.2, 0.25) is 0 Å². The number of primary amides is 1. The van der Waals surface area contributed by atoms with Crippen LogP contribution in [0.5, 0.6) is 0 Å². The highest BCUT2D eigenvalue weighted by Crippen LogP contribution is 2.60. The van der Waals surface area contributed by atoms with E-state index in [4.69, 9.17) is 11.5 Å². The second kappa shape index (κ2) is 3.93. The number of carbonyl (C=O) groups excluding carboxylic acids is 1. The largest absolute Gasteiger partial charge is 0.382 e. The predicted molar refractivity (Wildman–Crippen MR) is 74.8 cm³/mol. The molecule has 1 aromatic heterocycles. The van der Waals surface area contributed by atoms with Crippen molar-refractivity contribution in [2.45, 2.75) is 43.9 Å².